The molecule has 0 saturated heterocycles. The van der Waals surface area contributed by atoms with E-state index in [0.29, 0.717) is 6.54 Å². The molecule has 19 heavy (non-hydrogen) atoms. The van der Waals surface area contributed by atoms with Crippen LogP contribution in [0.4, 0.5) is 0 Å². The molecule has 1 aromatic heterocycles. The molecule has 6 heteroatoms. The summed E-state index contributed by atoms with van der Waals surface area (Å²) in [4.78, 5) is 17.4. The van der Waals surface area contributed by atoms with Crippen molar-refractivity contribution < 1.29 is 4.79 Å². The van der Waals surface area contributed by atoms with E-state index in [0.717, 1.165) is 23.5 Å². The van der Waals surface area contributed by atoms with Gasteiger partial charge in [0.2, 0.25) is 5.91 Å². The summed E-state index contributed by atoms with van der Waals surface area (Å²) in [6.45, 7) is 8.72. The van der Waals surface area contributed by atoms with Gasteiger partial charge in [-0.3, -0.25) is 4.79 Å². The van der Waals surface area contributed by atoms with Crippen LogP contribution in [-0.2, 0) is 11.2 Å². The number of halogens is 1. The van der Waals surface area contributed by atoms with Gasteiger partial charge in [-0.25, -0.2) is 4.98 Å². The molecular weight excluding hydrogens is 282 g/mol. The summed E-state index contributed by atoms with van der Waals surface area (Å²) in [6, 6.07) is -0.408. The molecule has 0 spiro atoms. The highest BCUT2D eigenvalue weighted by atomic mass is 35.5. The van der Waals surface area contributed by atoms with Crippen LogP contribution in [0.15, 0.2) is 0 Å². The molecule has 1 rings (SSSR count). The maximum atomic E-state index is 11.8. The lowest BCUT2D eigenvalue weighted by Gasteiger charge is -2.17. The number of hydrogen-bond donors (Lipinski definition) is 2. The van der Waals surface area contributed by atoms with Crippen molar-refractivity contribution in [3.63, 3.8) is 0 Å². The molecule has 0 fully saturated rings. The first kappa shape index (κ1) is 18.4. The Morgan fingerprint density at radius 1 is 1.47 bits per heavy atom. The minimum Gasteiger partial charge on any atom is -0.354 e. The largest absolute Gasteiger partial charge is 0.354 e. The van der Waals surface area contributed by atoms with Crippen molar-refractivity contribution in [1.82, 2.24) is 10.3 Å². The minimum atomic E-state index is -0.408. The normalized spacial score (nSPS) is 13.5. The van der Waals surface area contributed by atoms with Gasteiger partial charge < -0.3 is 11.1 Å². The number of carbonyl (C=O) groups excluding carboxylic acids is 1. The predicted octanol–water partition coefficient (Wildman–Crippen LogP) is 2.21. The first-order valence-corrected chi connectivity index (χ1v) is 7.23. The van der Waals surface area contributed by atoms with Crippen LogP contribution in [0.25, 0.3) is 0 Å². The van der Waals surface area contributed by atoms with Crippen molar-refractivity contribution in [3.8, 4) is 0 Å². The lowest BCUT2D eigenvalue weighted by Crippen LogP contribution is -2.45. The van der Waals surface area contributed by atoms with Crippen LogP contribution in [0.2, 0.25) is 0 Å². The van der Waals surface area contributed by atoms with Gasteiger partial charge in [0.1, 0.15) is 0 Å². The van der Waals surface area contributed by atoms with E-state index in [1.807, 2.05) is 20.8 Å². The number of thiazole rings is 1. The van der Waals surface area contributed by atoms with Gasteiger partial charge in [0.15, 0.2) is 0 Å². The summed E-state index contributed by atoms with van der Waals surface area (Å²) in [5.74, 6) is 0.156. The van der Waals surface area contributed by atoms with Crippen LogP contribution >= 0.6 is 23.7 Å². The van der Waals surface area contributed by atoms with E-state index in [2.05, 4.69) is 17.2 Å². The third kappa shape index (κ3) is 5.47. The third-order valence-electron chi connectivity index (χ3n) is 3.27. The topological polar surface area (TPSA) is 68.0 Å². The lowest BCUT2D eigenvalue weighted by atomic mass is 9.99. The molecule has 0 saturated carbocycles. The zero-order valence-corrected chi connectivity index (χ0v) is 13.7. The van der Waals surface area contributed by atoms with E-state index in [-0.39, 0.29) is 24.2 Å². The monoisotopic (exact) mass is 305 g/mol. The molecule has 1 heterocycles. The number of hydrogen-bond acceptors (Lipinski definition) is 4. The molecule has 0 aliphatic rings. The molecule has 1 aromatic rings. The molecular formula is C13H24ClN3OS. The Labute approximate surface area is 125 Å². The van der Waals surface area contributed by atoms with Crippen molar-refractivity contribution in [3.05, 3.63) is 15.6 Å². The fraction of sp³-hybridized carbons (Fsp3) is 0.692. The first-order chi connectivity index (χ1) is 8.45. The quantitative estimate of drug-likeness (QED) is 0.847. The summed E-state index contributed by atoms with van der Waals surface area (Å²) in [7, 11) is 0. The van der Waals surface area contributed by atoms with Gasteiger partial charge in [-0.1, -0.05) is 20.3 Å². The Morgan fingerprint density at radius 2 is 2.11 bits per heavy atom. The SMILES string of the molecule is CCC(C)C(N)C(=O)NCCc1nc(C)c(C)s1.Cl. The zero-order chi connectivity index (χ0) is 13.7. The number of carbonyl (C=O) groups is 1. The number of amides is 1. The van der Waals surface area contributed by atoms with Gasteiger partial charge in [0, 0.05) is 17.8 Å². The Hall–Kier alpha value is -0.650. The van der Waals surface area contributed by atoms with Crippen LogP contribution in [0.1, 0.15) is 35.8 Å². The molecule has 110 valence electrons. The van der Waals surface area contributed by atoms with E-state index in [1.165, 1.54) is 4.88 Å². The van der Waals surface area contributed by atoms with Crippen molar-refractivity contribution in [1.29, 1.82) is 0 Å². The number of nitrogens with zero attached hydrogens (tertiary/aromatic N) is 1. The number of nitrogens with one attached hydrogen (secondary N) is 1. The van der Waals surface area contributed by atoms with Crippen LogP contribution in [0.5, 0.6) is 0 Å². The second kappa shape index (κ2) is 8.51. The Morgan fingerprint density at radius 3 is 2.58 bits per heavy atom. The molecule has 0 radical (unpaired) electrons. The van der Waals surface area contributed by atoms with E-state index < -0.39 is 6.04 Å². The number of aryl methyl sites for hydroxylation is 2. The van der Waals surface area contributed by atoms with E-state index in [4.69, 9.17) is 5.73 Å². The zero-order valence-electron chi connectivity index (χ0n) is 12.0. The summed E-state index contributed by atoms with van der Waals surface area (Å²) in [5, 5.41) is 3.95. The summed E-state index contributed by atoms with van der Waals surface area (Å²) >= 11 is 1.69. The molecule has 0 aliphatic carbocycles. The fourth-order valence-electron chi connectivity index (χ4n) is 1.57. The van der Waals surface area contributed by atoms with E-state index in [1.54, 1.807) is 11.3 Å². The fourth-order valence-corrected chi connectivity index (χ4v) is 2.50. The van der Waals surface area contributed by atoms with Crippen molar-refractivity contribution >= 4 is 29.7 Å². The molecule has 3 N–H and O–H groups in total. The lowest BCUT2D eigenvalue weighted by molar-refractivity contribution is -0.123. The average Bonchev–Trinajstić information content (AvgIpc) is 2.66. The van der Waals surface area contributed by atoms with Gasteiger partial charge in [0.25, 0.3) is 0 Å². The Balaban J connectivity index is 0.00000324. The third-order valence-corrected chi connectivity index (χ3v) is 4.40. The van der Waals surface area contributed by atoms with Crippen molar-refractivity contribution in [2.45, 2.75) is 46.6 Å². The highest BCUT2D eigenvalue weighted by molar-refractivity contribution is 7.11. The average molecular weight is 306 g/mol. The summed E-state index contributed by atoms with van der Waals surface area (Å²) in [5.41, 5.74) is 6.94. The molecule has 2 unspecified atom stereocenters. The Bertz CT molecular complexity index is 389. The maximum absolute atomic E-state index is 11.8. The summed E-state index contributed by atoms with van der Waals surface area (Å²) in [6.07, 6.45) is 1.69. The number of nitrogens with two attached hydrogens (primary N) is 1. The summed E-state index contributed by atoms with van der Waals surface area (Å²) < 4.78 is 0. The second-order valence-corrected chi connectivity index (χ2v) is 5.99. The Kier molecular flexibility index (Phi) is 8.22. The van der Waals surface area contributed by atoms with Gasteiger partial charge in [-0.2, -0.15) is 0 Å². The maximum Gasteiger partial charge on any atom is 0.237 e. The van der Waals surface area contributed by atoms with Crippen LogP contribution in [-0.4, -0.2) is 23.5 Å². The van der Waals surface area contributed by atoms with Gasteiger partial charge in [0.05, 0.1) is 16.7 Å². The predicted molar refractivity (Wildman–Crippen MR) is 83.0 cm³/mol. The van der Waals surface area contributed by atoms with Crippen LogP contribution in [0.3, 0.4) is 0 Å². The standard InChI is InChI=1S/C13H23N3OS.ClH/c1-5-8(2)12(14)13(17)15-7-6-11-16-9(3)10(4)18-11;/h8,12H,5-7,14H2,1-4H3,(H,15,17);1H. The van der Waals surface area contributed by atoms with Crippen molar-refractivity contribution in [2.75, 3.05) is 6.54 Å². The number of aromatic nitrogens is 1. The molecule has 0 aliphatic heterocycles. The highest BCUT2D eigenvalue weighted by Gasteiger charge is 2.18. The second-order valence-electron chi connectivity index (χ2n) is 4.70. The van der Waals surface area contributed by atoms with Crippen LogP contribution in [0, 0.1) is 19.8 Å². The van der Waals surface area contributed by atoms with Gasteiger partial charge >= 0.3 is 0 Å². The minimum absolute atomic E-state index is 0. The first-order valence-electron chi connectivity index (χ1n) is 6.41. The smallest absolute Gasteiger partial charge is 0.237 e. The molecule has 0 bridgehead atoms. The highest BCUT2D eigenvalue weighted by Crippen LogP contribution is 2.16. The van der Waals surface area contributed by atoms with E-state index >= 15 is 0 Å². The molecule has 1 amide bonds. The van der Waals surface area contributed by atoms with Gasteiger partial charge in [-0.05, 0) is 19.8 Å². The number of rotatable bonds is 6. The van der Waals surface area contributed by atoms with Crippen LogP contribution < -0.4 is 11.1 Å². The molecule has 4 nitrogen and oxygen atoms in total. The van der Waals surface area contributed by atoms with Crippen molar-refractivity contribution in [2.24, 2.45) is 11.7 Å². The van der Waals surface area contributed by atoms with Gasteiger partial charge in [-0.15, -0.1) is 23.7 Å². The molecule has 0 aromatic carbocycles. The molecule has 2 atom stereocenters. The van der Waals surface area contributed by atoms with E-state index in [9.17, 15) is 4.79 Å².